The molecule has 0 fully saturated rings. The van der Waals surface area contributed by atoms with E-state index in [9.17, 15) is 4.79 Å². The maximum atomic E-state index is 10.7. The van der Waals surface area contributed by atoms with Crippen molar-refractivity contribution >= 4 is 5.91 Å². The SMILES string of the molecule is NC(=O)CN1Cc2cccnc2C1. The molecule has 1 aliphatic rings. The third-order valence-electron chi connectivity index (χ3n) is 2.13. The van der Waals surface area contributed by atoms with Crippen molar-refractivity contribution in [2.45, 2.75) is 13.1 Å². The summed E-state index contributed by atoms with van der Waals surface area (Å²) in [5, 5.41) is 0. The molecule has 1 aromatic rings. The highest BCUT2D eigenvalue weighted by atomic mass is 16.1. The molecule has 1 amide bonds. The number of amides is 1. The molecule has 2 N–H and O–H groups in total. The molecule has 0 radical (unpaired) electrons. The zero-order valence-corrected chi connectivity index (χ0v) is 7.23. The minimum absolute atomic E-state index is 0.284. The number of primary amides is 1. The van der Waals surface area contributed by atoms with Gasteiger partial charge in [-0.3, -0.25) is 14.7 Å². The fraction of sp³-hybridized carbons (Fsp3) is 0.333. The summed E-state index contributed by atoms with van der Waals surface area (Å²) < 4.78 is 0. The van der Waals surface area contributed by atoms with Gasteiger partial charge in [0.1, 0.15) is 0 Å². The Kier molecular flexibility index (Phi) is 1.98. The normalized spacial score (nSPS) is 15.7. The van der Waals surface area contributed by atoms with Crippen LogP contribution in [-0.2, 0) is 17.9 Å². The second kappa shape index (κ2) is 3.14. The van der Waals surface area contributed by atoms with Gasteiger partial charge in [0, 0.05) is 19.3 Å². The summed E-state index contributed by atoms with van der Waals surface area (Å²) in [6.07, 6.45) is 1.77. The molecule has 68 valence electrons. The van der Waals surface area contributed by atoms with Crippen molar-refractivity contribution in [1.82, 2.24) is 9.88 Å². The van der Waals surface area contributed by atoms with Crippen LogP contribution in [0.4, 0.5) is 0 Å². The van der Waals surface area contributed by atoms with Crippen molar-refractivity contribution in [3.8, 4) is 0 Å². The van der Waals surface area contributed by atoms with Gasteiger partial charge < -0.3 is 5.73 Å². The Morgan fingerprint density at radius 1 is 1.62 bits per heavy atom. The highest BCUT2D eigenvalue weighted by molar-refractivity contribution is 5.76. The van der Waals surface area contributed by atoms with Crippen molar-refractivity contribution in [1.29, 1.82) is 0 Å². The quantitative estimate of drug-likeness (QED) is 0.685. The van der Waals surface area contributed by atoms with E-state index in [0.29, 0.717) is 6.54 Å². The van der Waals surface area contributed by atoms with Gasteiger partial charge in [-0.25, -0.2) is 0 Å². The molecule has 2 heterocycles. The van der Waals surface area contributed by atoms with Gasteiger partial charge in [0.15, 0.2) is 0 Å². The molecule has 2 rings (SSSR count). The first-order valence-corrected chi connectivity index (χ1v) is 4.19. The predicted molar refractivity (Wildman–Crippen MR) is 47.5 cm³/mol. The minimum Gasteiger partial charge on any atom is -0.369 e. The highest BCUT2D eigenvalue weighted by Crippen LogP contribution is 2.18. The average Bonchev–Trinajstić information content (AvgIpc) is 2.44. The van der Waals surface area contributed by atoms with Crippen LogP contribution in [0.3, 0.4) is 0 Å². The number of fused-ring (bicyclic) bond motifs is 1. The van der Waals surface area contributed by atoms with Crippen molar-refractivity contribution < 1.29 is 4.79 Å². The topological polar surface area (TPSA) is 59.2 Å². The lowest BCUT2D eigenvalue weighted by atomic mass is 10.2. The highest BCUT2D eigenvalue weighted by Gasteiger charge is 2.20. The van der Waals surface area contributed by atoms with E-state index in [1.165, 1.54) is 5.56 Å². The van der Waals surface area contributed by atoms with Crippen LogP contribution in [-0.4, -0.2) is 22.3 Å². The number of nitrogens with two attached hydrogens (primary N) is 1. The summed E-state index contributed by atoms with van der Waals surface area (Å²) in [5.41, 5.74) is 7.36. The number of hydrogen-bond acceptors (Lipinski definition) is 3. The minimum atomic E-state index is -0.284. The molecule has 0 atom stereocenters. The predicted octanol–water partition coefficient (Wildman–Crippen LogP) is -0.118. The number of aromatic nitrogens is 1. The molecule has 0 bridgehead atoms. The smallest absolute Gasteiger partial charge is 0.231 e. The number of hydrogen-bond donors (Lipinski definition) is 1. The first-order valence-electron chi connectivity index (χ1n) is 4.19. The lowest BCUT2D eigenvalue weighted by Gasteiger charge is -2.10. The van der Waals surface area contributed by atoms with Gasteiger partial charge in [0.25, 0.3) is 0 Å². The van der Waals surface area contributed by atoms with Gasteiger partial charge in [-0.05, 0) is 11.6 Å². The second-order valence-corrected chi connectivity index (χ2v) is 3.22. The van der Waals surface area contributed by atoms with E-state index >= 15 is 0 Å². The van der Waals surface area contributed by atoms with Crippen molar-refractivity contribution in [2.75, 3.05) is 6.54 Å². The Balaban J connectivity index is 2.09. The first kappa shape index (κ1) is 8.19. The van der Waals surface area contributed by atoms with Crippen molar-refractivity contribution in [3.05, 3.63) is 29.6 Å². The number of carbonyl (C=O) groups is 1. The molecule has 13 heavy (non-hydrogen) atoms. The van der Waals surface area contributed by atoms with E-state index in [2.05, 4.69) is 4.98 Å². The van der Waals surface area contributed by atoms with Crippen LogP contribution in [0.25, 0.3) is 0 Å². The first-order chi connectivity index (χ1) is 6.25. The average molecular weight is 177 g/mol. The van der Waals surface area contributed by atoms with Crippen LogP contribution in [0.2, 0.25) is 0 Å². The van der Waals surface area contributed by atoms with Crippen molar-refractivity contribution in [2.24, 2.45) is 5.73 Å². The van der Waals surface area contributed by atoms with Gasteiger partial charge >= 0.3 is 0 Å². The van der Waals surface area contributed by atoms with Gasteiger partial charge in [-0.2, -0.15) is 0 Å². The van der Waals surface area contributed by atoms with Gasteiger partial charge in [0.2, 0.25) is 5.91 Å². The standard InChI is InChI=1S/C9H11N3O/c10-9(13)6-12-4-7-2-1-3-11-8(7)5-12/h1-3H,4-6H2,(H2,10,13). The Morgan fingerprint density at radius 2 is 2.46 bits per heavy atom. The maximum Gasteiger partial charge on any atom is 0.231 e. The van der Waals surface area contributed by atoms with Crippen LogP contribution in [0, 0.1) is 0 Å². The largest absolute Gasteiger partial charge is 0.369 e. The third-order valence-corrected chi connectivity index (χ3v) is 2.13. The van der Waals surface area contributed by atoms with Crippen LogP contribution in [0.5, 0.6) is 0 Å². The van der Waals surface area contributed by atoms with E-state index < -0.39 is 0 Å². The Hall–Kier alpha value is -1.42. The molecule has 0 saturated carbocycles. The fourth-order valence-electron chi connectivity index (χ4n) is 1.60. The Bertz CT molecular complexity index is 312. The summed E-state index contributed by atoms with van der Waals surface area (Å²) in [7, 11) is 0. The zero-order chi connectivity index (χ0) is 9.26. The molecule has 1 aromatic heterocycles. The Labute approximate surface area is 76.4 Å². The monoisotopic (exact) mass is 177 g/mol. The molecule has 0 spiro atoms. The van der Waals surface area contributed by atoms with Crippen molar-refractivity contribution in [3.63, 3.8) is 0 Å². The lowest BCUT2D eigenvalue weighted by molar-refractivity contribution is -0.119. The number of carbonyl (C=O) groups excluding carboxylic acids is 1. The van der Waals surface area contributed by atoms with E-state index in [0.717, 1.165) is 18.8 Å². The number of pyridine rings is 1. The number of nitrogens with zero attached hydrogens (tertiary/aromatic N) is 2. The summed E-state index contributed by atoms with van der Waals surface area (Å²) in [6.45, 7) is 1.83. The molecular weight excluding hydrogens is 166 g/mol. The Morgan fingerprint density at radius 3 is 3.15 bits per heavy atom. The summed E-state index contributed by atoms with van der Waals surface area (Å²) in [5.74, 6) is -0.284. The molecule has 4 nitrogen and oxygen atoms in total. The van der Waals surface area contributed by atoms with E-state index in [1.54, 1.807) is 6.20 Å². The van der Waals surface area contributed by atoms with Gasteiger partial charge in [-0.1, -0.05) is 6.07 Å². The fourth-order valence-corrected chi connectivity index (χ4v) is 1.60. The number of rotatable bonds is 2. The zero-order valence-electron chi connectivity index (χ0n) is 7.23. The van der Waals surface area contributed by atoms with Crippen LogP contribution >= 0.6 is 0 Å². The summed E-state index contributed by atoms with van der Waals surface area (Å²) >= 11 is 0. The molecule has 1 aliphatic heterocycles. The summed E-state index contributed by atoms with van der Waals surface area (Å²) in [4.78, 5) is 16.9. The molecule has 0 unspecified atom stereocenters. The van der Waals surface area contributed by atoms with E-state index in [1.807, 2.05) is 17.0 Å². The van der Waals surface area contributed by atoms with Gasteiger partial charge in [-0.15, -0.1) is 0 Å². The van der Waals surface area contributed by atoms with Crippen LogP contribution in [0.15, 0.2) is 18.3 Å². The molecular formula is C9H11N3O. The van der Waals surface area contributed by atoms with Gasteiger partial charge in [0.05, 0.1) is 12.2 Å². The maximum absolute atomic E-state index is 10.7. The van der Waals surface area contributed by atoms with E-state index in [-0.39, 0.29) is 5.91 Å². The van der Waals surface area contributed by atoms with E-state index in [4.69, 9.17) is 5.73 Å². The molecule has 0 aromatic carbocycles. The molecule has 0 aliphatic carbocycles. The lowest BCUT2D eigenvalue weighted by Crippen LogP contribution is -2.29. The molecule has 4 heteroatoms. The molecule has 0 saturated heterocycles. The van der Waals surface area contributed by atoms with Crippen LogP contribution in [0.1, 0.15) is 11.3 Å². The van der Waals surface area contributed by atoms with Crippen LogP contribution < -0.4 is 5.73 Å². The summed E-state index contributed by atoms with van der Waals surface area (Å²) in [6, 6.07) is 3.94. The third kappa shape index (κ3) is 1.67. The second-order valence-electron chi connectivity index (χ2n) is 3.22.